The van der Waals surface area contributed by atoms with Crippen molar-refractivity contribution in [3.8, 4) is 5.75 Å². The first-order chi connectivity index (χ1) is 14.8. The van der Waals surface area contributed by atoms with E-state index in [1.165, 1.54) is 27.5 Å². The van der Waals surface area contributed by atoms with Crippen LogP contribution < -0.4 is 10.1 Å². The van der Waals surface area contributed by atoms with Gasteiger partial charge in [0.15, 0.2) is 0 Å². The average molecular weight is 405 g/mol. The van der Waals surface area contributed by atoms with Gasteiger partial charge in [-0.25, -0.2) is 0 Å². The molecule has 0 spiro atoms. The van der Waals surface area contributed by atoms with Crippen molar-refractivity contribution in [1.82, 2.24) is 10.2 Å². The SMILES string of the molecule is Cc1ccccc1COc1ccc2ccccc2c1CNCCCN1CCOCC1. The maximum absolute atomic E-state index is 6.30. The zero-order chi connectivity index (χ0) is 20.6. The second kappa shape index (κ2) is 10.6. The van der Waals surface area contributed by atoms with Crippen LogP contribution in [0.1, 0.15) is 23.1 Å². The molecule has 0 aromatic heterocycles. The van der Waals surface area contributed by atoms with Crippen molar-refractivity contribution in [2.24, 2.45) is 0 Å². The van der Waals surface area contributed by atoms with Gasteiger partial charge in [0, 0.05) is 25.2 Å². The standard InChI is InChI=1S/C26H32N2O2/c1-21-7-2-3-9-23(21)20-30-26-12-11-22-8-4-5-10-24(22)25(26)19-27-13-6-14-28-15-17-29-18-16-28/h2-5,7-12,27H,6,13-20H2,1H3. The number of benzene rings is 3. The predicted molar refractivity (Wildman–Crippen MR) is 123 cm³/mol. The molecule has 3 aromatic rings. The van der Waals surface area contributed by atoms with Gasteiger partial charge in [-0.3, -0.25) is 4.90 Å². The Labute approximate surface area is 179 Å². The molecule has 0 amide bonds. The van der Waals surface area contributed by atoms with E-state index in [2.05, 4.69) is 77.8 Å². The number of nitrogens with one attached hydrogen (secondary N) is 1. The summed E-state index contributed by atoms with van der Waals surface area (Å²) in [5.41, 5.74) is 3.74. The molecular weight excluding hydrogens is 372 g/mol. The second-order valence-electron chi connectivity index (χ2n) is 7.96. The number of ether oxygens (including phenoxy) is 2. The molecule has 0 saturated carbocycles. The van der Waals surface area contributed by atoms with E-state index >= 15 is 0 Å². The third-order valence-corrected chi connectivity index (χ3v) is 5.88. The lowest BCUT2D eigenvalue weighted by molar-refractivity contribution is 0.0374. The van der Waals surface area contributed by atoms with E-state index in [4.69, 9.17) is 9.47 Å². The lowest BCUT2D eigenvalue weighted by Crippen LogP contribution is -2.37. The Morgan fingerprint density at radius 1 is 0.967 bits per heavy atom. The van der Waals surface area contributed by atoms with Gasteiger partial charge < -0.3 is 14.8 Å². The molecule has 0 unspecified atom stereocenters. The molecule has 4 rings (SSSR count). The Bertz CT molecular complexity index is 951. The predicted octanol–water partition coefficient (Wildman–Crippen LogP) is 4.54. The molecule has 4 nitrogen and oxygen atoms in total. The molecule has 1 fully saturated rings. The smallest absolute Gasteiger partial charge is 0.124 e. The largest absolute Gasteiger partial charge is 0.489 e. The Balaban J connectivity index is 1.40. The van der Waals surface area contributed by atoms with Crippen LogP contribution in [-0.4, -0.2) is 44.3 Å². The molecule has 3 aromatic carbocycles. The number of hydrogen-bond acceptors (Lipinski definition) is 4. The van der Waals surface area contributed by atoms with E-state index in [0.717, 1.165) is 58.1 Å². The summed E-state index contributed by atoms with van der Waals surface area (Å²) in [5, 5.41) is 6.17. The minimum atomic E-state index is 0.592. The van der Waals surface area contributed by atoms with E-state index in [9.17, 15) is 0 Å². The summed E-state index contributed by atoms with van der Waals surface area (Å²) in [6, 6.07) is 21.3. The number of rotatable bonds is 9. The maximum atomic E-state index is 6.30. The van der Waals surface area contributed by atoms with E-state index in [0.29, 0.717) is 6.61 Å². The number of aryl methyl sites for hydroxylation is 1. The minimum absolute atomic E-state index is 0.592. The molecule has 0 radical (unpaired) electrons. The van der Waals surface area contributed by atoms with Crippen molar-refractivity contribution in [3.05, 3.63) is 77.4 Å². The second-order valence-corrected chi connectivity index (χ2v) is 7.96. The molecule has 1 N–H and O–H groups in total. The summed E-state index contributed by atoms with van der Waals surface area (Å²) in [4.78, 5) is 2.49. The van der Waals surface area contributed by atoms with Crippen molar-refractivity contribution in [1.29, 1.82) is 0 Å². The number of hydrogen-bond donors (Lipinski definition) is 1. The molecule has 30 heavy (non-hydrogen) atoms. The van der Waals surface area contributed by atoms with Crippen LogP contribution in [0, 0.1) is 6.92 Å². The summed E-state index contributed by atoms with van der Waals surface area (Å²) in [7, 11) is 0. The molecule has 158 valence electrons. The molecule has 0 atom stereocenters. The van der Waals surface area contributed by atoms with Gasteiger partial charge >= 0.3 is 0 Å². The van der Waals surface area contributed by atoms with Crippen LogP contribution in [0.4, 0.5) is 0 Å². The van der Waals surface area contributed by atoms with Crippen LogP contribution in [0.3, 0.4) is 0 Å². The number of nitrogens with zero attached hydrogens (tertiary/aromatic N) is 1. The van der Waals surface area contributed by atoms with Gasteiger partial charge in [0.1, 0.15) is 12.4 Å². The first kappa shape index (κ1) is 20.9. The fourth-order valence-corrected chi connectivity index (χ4v) is 4.03. The lowest BCUT2D eigenvalue weighted by atomic mass is 10.0. The van der Waals surface area contributed by atoms with E-state index in [1.807, 2.05) is 0 Å². The molecule has 1 saturated heterocycles. The average Bonchev–Trinajstić information content (AvgIpc) is 2.79. The Morgan fingerprint density at radius 3 is 2.63 bits per heavy atom. The summed E-state index contributed by atoms with van der Waals surface area (Å²) >= 11 is 0. The van der Waals surface area contributed by atoms with Crippen molar-refractivity contribution in [3.63, 3.8) is 0 Å². The molecule has 0 bridgehead atoms. The highest BCUT2D eigenvalue weighted by molar-refractivity contribution is 5.87. The van der Waals surface area contributed by atoms with Crippen LogP contribution in [0.25, 0.3) is 10.8 Å². The maximum Gasteiger partial charge on any atom is 0.124 e. The van der Waals surface area contributed by atoms with Crippen molar-refractivity contribution in [2.45, 2.75) is 26.5 Å². The highest BCUT2D eigenvalue weighted by atomic mass is 16.5. The Hall–Kier alpha value is -2.40. The summed E-state index contributed by atoms with van der Waals surface area (Å²) in [6.07, 6.45) is 1.14. The van der Waals surface area contributed by atoms with Gasteiger partial charge in [-0.1, -0.05) is 54.6 Å². The number of morpholine rings is 1. The monoisotopic (exact) mass is 404 g/mol. The van der Waals surface area contributed by atoms with Crippen LogP contribution >= 0.6 is 0 Å². The quantitative estimate of drug-likeness (QED) is 0.531. The van der Waals surface area contributed by atoms with Crippen LogP contribution in [0.5, 0.6) is 5.75 Å². The summed E-state index contributed by atoms with van der Waals surface area (Å²) < 4.78 is 11.7. The zero-order valence-electron chi connectivity index (χ0n) is 17.9. The molecule has 4 heteroatoms. The van der Waals surface area contributed by atoms with Crippen LogP contribution in [0.15, 0.2) is 60.7 Å². The van der Waals surface area contributed by atoms with Gasteiger partial charge in [-0.05, 0) is 54.4 Å². The topological polar surface area (TPSA) is 33.7 Å². The van der Waals surface area contributed by atoms with E-state index < -0.39 is 0 Å². The third-order valence-electron chi connectivity index (χ3n) is 5.88. The van der Waals surface area contributed by atoms with Gasteiger partial charge in [-0.15, -0.1) is 0 Å². The molecule has 0 aliphatic carbocycles. The van der Waals surface area contributed by atoms with Gasteiger partial charge in [0.25, 0.3) is 0 Å². The van der Waals surface area contributed by atoms with Gasteiger partial charge in [-0.2, -0.15) is 0 Å². The molecule has 1 aliphatic heterocycles. The lowest BCUT2D eigenvalue weighted by Gasteiger charge is -2.26. The van der Waals surface area contributed by atoms with E-state index in [1.54, 1.807) is 0 Å². The van der Waals surface area contributed by atoms with Crippen molar-refractivity contribution >= 4 is 10.8 Å². The molecule has 1 aliphatic rings. The highest BCUT2D eigenvalue weighted by Gasteiger charge is 2.11. The minimum Gasteiger partial charge on any atom is -0.489 e. The Kier molecular flexibility index (Phi) is 7.35. The first-order valence-electron chi connectivity index (χ1n) is 11.0. The van der Waals surface area contributed by atoms with Crippen molar-refractivity contribution in [2.75, 3.05) is 39.4 Å². The van der Waals surface area contributed by atoms with Gasteiger partial charge in [0.05, 0.1) is 13.2 Å². The normalized spacial score (nSPS) is 14.8. The fourth-order valence-electron chi connectivity index (χ4n) is 4.03. The number of fused-ring (bicyclic) bond motifs is 1. The fraction of sp³-hybridized carbons (Fsp3) is 0.385. The van der Waals surface area contributed by atoms with Crippen molar-refractivity contribution < 1.29 is 9.47 Å². The van der Waals surface area contributed by atoms with Gasteiger partial charge in [0.2, 0.25) is 0 Å². The summed E-state index contributed by atoms with van der Waals surface area (Å²) in [5.74, 6) is 0.970. The van der Waals surface area contributed by atoms with E-state index in [-0.39, 0.29) is 0 Å². The zero-order valence-corrected chi connectivity index (χ0v) is 17.9. The molecular formula is C26H32N2O2. The Morgan fingerprint density at radius 2 is 1.77 bits per heavy atom. The summed E-state index contributed by atoms with van der Waals surface area (Å²) in [6.45, 7) is 9.51. The third kappa shape index (κ3) is 5.39. The highest BCUT2D eigenvalue weighted by Crippen LogP contribution is 2.29. The van der Waals surface area contributed by atoms with Crippen LogP contribution in [-0.2, 0) is 17.9 Å². The van der Waals surface area contributed by atoms with Crippen LogP contribution in [0.2, 0.25) is 0 Å². The first-order valence-corrected chi connectivity index (χ1v) is 11.0. The molecule has 1 heterocycles.